The zero-order valence-corrected chi connectivity index (χ0v) is 14.6. The Morgan fingerprint density at radius 1 is 1.33 bits per heavy atom. The maximum absolute atomic E-state index is 4.98. The maximum atomic E-state index is 4.98. The van der Waals surface area contributed by atoms with Crippen LogP contribution in [-0.4, -0.2) is 40.1 Å². The summed E-state index contributed by atoms with van der Waals surface area (Å²) in [7, 11) is 0. The number of thiophene rings is 1. The van der Waals surface area contributed by atoms with Crippen molar-refractivity contribution in [2.45, 2.75) is 32.2 Å². The van der Waals surface area contributed by atoms with Gasteiger partial charge in [-0.25, -0.2) is 4.99 Å². The average molecular weight is 339 g/mol. The Hall–Kier alpha value is -1.92. The van der Waals surface area contributed by atoms with E-state index in [-0.39, 0.29) is 0 Å². The molecule has 4 aliphatic rings. The van der Waals surface area contributed by atoms with Crippen LogP contribution in [-0.2, 0) is 0 Å². The Morgan fingerprint density at radius 3 is 2.83 bits per heavy atom. The second kappa shape index (κ2) is 5.29. The largest absolute Gasteiger partial charge is 0.342 e. The molecule has 2 bridgehead atoms. The van der Waals surface area contributed by atoms with Gasteiger partial charge >= 0.3 is 0 Å². The van der Waals surface area contributed by atoms with Gasteiger partial charge in [0.15, 0.2) is 0 Å². The topological polar surface area (TPSA) is 56.3 Å². The van der Waals surface area contributed by atoms with Crippen LogP contribution in [0.3, 0.4) is 0 Å². The fourth-order valence-electron chi connectivity index (χ4n) is 4.19. The highest BCUT2D eigenvalue weighted by Crippen LogP contribution is 2.43. The number of aryl methyl sites for hydroxylation is 1. The van der Waals surface area contributed by atoms with E-state index < -0.39 is 0 Å². The number of aromatic nitrogens is 2. The Balaban J connectivity index is 1.52. The molecule has 4 aliphatic heterocycles. The first kappa shape index (κ1) is 14.4. The van der Waals surface area contributed by atoms with Crippen LogP contribution < -0.4 is 5.32 Å². The lowest BCUT2D eigenvalue weighted by atomic mass is 9.82. The fraction of sp³-hybridized carbons (Fsp3) is 0.444. The summed E-state index contributed by atoms with van der Waals surface area (Å²) in [6.45, 7) is 8.72. The highest BCUT2D eigenvalue weighted by molar-refractivity contribution is 7.17. The third-order valence-corrected chi connectivity index (χ3v) is 6.78. The zero-order chi connectivity index (χ0) is 16.3. The van der Waals surface area contributed by atoms with Gasteiger partial charge in [-0.2, -0.15) is 5.10 Å². The number of rotatable bonds is 2. The molecule has 124 valence electrons. The van der Waals surface area contributed by atoms with Gasteiger partial charge in [0.1, 0.15) is 5.84 Å². The number of piperidine rings is 3. The standard InChI is InChI=1S/C18H21N5S/c1-10-13(9-19-22-10)16-8-14-17(24-16)11(2)20-18(21-14)15-7-12-3-5-23(15)6-4-12/h8-9,12,15H,2-7H2,1H3,(H,19,22)(H,20,21)/t15-/m0/s1. The van der Waals surface area contributed by atoms with E-state index in [0.29, 0.717) is 6.04 Å². The minimum atomic E-state index is 0.432. The molecule has 3 fully saturated rings. The molecule has 2 N–H and O–H groups in total. The molecule has 2 aromatic rings. The zero-order valence-electron chi connectivity index (χ0n) is 13.8. The summed E-state index contributed by atoms with van der Waals surface area (Å²) >= 11 is 1.74. The van der Waals surface area contributed by atoms with E-state index in [1.165, 1.54) is 37.2 Å². The molecule has 0 amide bonds. The molecule has 0 aromatic carbocycles. The molecule has 5 nitrogen and oxygen atoms in total. The normalized spacial score (nSPS) is 28.5. The molecule has 2 aromatic heterocycles. The lowest BCUT2D eigenvalue weighted by molar-refractivity contribution is 0.0816. The molecular formula is C18H21N5S. The molecule has 6 heteroatoms. The van der Waals surface area contributed by atoms with E-state index in [1.54, 1.807) is 11.3 Å². The van der Waals surface area contributed by atoms with E-state index >= 15 is 0 Å². The van der Waals surface area contributed by atoms with Crippen molar-refractivity contribution in [3.8, 4) is 10.4 Å². The summed E-state index contributed by atoms with van der Waals surface area (Å²) < 4.78 is 0. The Morgan fingerprint density at radius 2 is 2.17 bits per heavy atom. The van der Waals surface area contributed by atoms with Gasteiger partial charge in [-0.1, -0.05) is 6.58 Å². The Labute approximate surface area is 145 Å². The molecular weight excluding hydrogens is 318 g/mol. The van der Waals surface area contributed by atoms with Crippen LogP contribution in [0.15, 0.2) is 23.8 Å². The molecule has 0 radical (unpaired) electrons. The van der Waals surface area contributed by atoms with Crippen LogP contribution in [0.25, 0.3) is 16.1 Å². The molecule has 6 heterocycles. The van der Waals surface area contributed by atoms with Gasteiger partial charge in [-0.05, 0) is 51.3 Å². The highest BCUT2D eigenvalue weighted by Gasteiger charge is 2.37. The number of hydrogen-bond acceptors (Lipinski definition) is 5. The van der Waals surface area contributed by atoms with Crippen molar-refractivity contribution >= 4 is 28.6 Å². The van der Waals surface area contributed by atoms with Gasteiger partial charge in [0.05, 0.1) is 28.5 Å². The average Bonchev–Trinajstić information content (AvgIpc) is 3.21. The number of amidine groups is 1. The first-order valence-electron chi connectivity index (χ1n) is 8.62. The number of nitrogens with one attached hydrogen (secondary N) is 2. The van der Waals surface area contributed by atoms with Gasteiger partial charge < -0.3 is 5.32 Å². The monoisotopic (exact) mass is 339 g/mol. The van der Waals surface area contributed by atoms with E-state index in [1.807, 2.05) is 6.20 Å². The van der Waals surface area contributed by atoms with Crippen molar-refractivity contribution in [1.29, 1.82) is 0 Å². The quantitative estimate of drug-likeness (QED) is 0.880. The van der Waals surface area contributed by atoms with Crippen LogP contribution in [0.2, 0.25) is 0 Å². The number of hydrogen-bond donors (Lipinski definition) is 2. The number of fused-ring (bicyclic) bond motifs is 4. The van der Waals surface area contributed by atoms with Crippen molar-refractivity contribution in [3.63, 3.8) is 0 Å². The summed E-state index contributed by atoms with van der Waals surface area (Å²) in [6, 6.07) is 2.61. The summed E-state index contributed by atoms with van der Waals surface area (Å²) in [6.07, 6.45) is 5.81. The number of aromatic amines is 1. The predicted octanol–water partition coefficient (Wildman–Crippen LogP) is 3.53. The summed E-state index contributed by atoms with van der Waals surface area (Å²) in [5.41, 5.74) is 4.28. The van der Waals surface area contributed by atoms with E-state index in [2.05, 4.69) is 40.0 Å². The van der Waals surface area contributed by atoms with Gasteiger partial charge in [-0.3, -0.25) is 10.00 Å². The molecule has 0 spiro atoms. The van der Waals surface area contributed by atoms with Crippen molar-refractivity contribution < 1.29 is 0 Å². The Bertz CT molecular complexity index is 837. The minimum absolute atomic E-state index is 0.432. The van der Waals surface area contributed by atoms with E-state index in [4.69, 9.17) is 4.99 Å². The van der Waals surface area contributed by atoms with Gasteiger partial charge in [-0.15, -0.1) is 11.3 Å². The smallest absolute Gasteiger partial charge is 0.124 e. The van der Waals surface area contributed by atoms with Gasteiger partial charge in [0, 0.05) is 16.1 Å². The van der Waals surface area contributed by atoms with Gasteiger partial charge in [0.2, 0.25) is 0 Å². The lowest BCUT2D eigenvalue weighted by Crippen LogP contribution is -2.55. The first-order valence-corrected chi connectivity index (χ1v) is 9.44. The number of H-pyrrole nitrogens is 1. The third-order valence-electron chi connectivity index (χ3n) is 5.56. The van der Waals surface area contributed by atoms with Crippen LogP contribution >= 0.6 is 11.3 Å². The van der Waals surface area contributed by atoms with Crippen molar-refractivity contribution in [2.24, 2.45) is 10.9 Å². The third kappa shape index (κ3) is 2.17. The maximum Gasteiger partial charge on any atom is 0.124 e. The number of nitrogens with zero attached hydrogens (tertiary/aromatic N) is 3. The predicted molar refractivity (Wildman–Crippen MR) is 98.6 cm³/mol. The van der Waals surface area contributed by atoms with Crippen molar-refractivity contribution in [3.05, 3.63) is 29.4 Å². The second-order valence-corrected chi connectivity index (χ2v) is 8.12. The van der Waals surface area contributed by atoms with Gasteiger partial charge in [0.25, 0.3) is 0 Å². The molecule has 0 unspecified atom stereocenters. The van der Waals surface area contributed by atoms with Crippen LogP contribution in [0, 0.1) is 12.8 Å². The number of aliphatic imine (C=N–C) groups is 1. The van der Waals surface area contributed by atoms with Crippen LogP contribution in [0.5, 0.6) is 0 Å². The minimum Gasteiger partial charge on any atom is -0.342 e. The molecule has 24 heavy (non-hydrogen) atoms. The summed E-state index contributed by atoms with van der Waals surface area (Å²) in [4.78, 5) is 9.90. The molecule has 0 saturated carbocycles. The van der Waals surface area contributed by atoms with E-state index in [9.17, 15) is 0 Å². The molecule has 6 rings (SSSR count). The second-order valence-electron chi connectivity index (χ2n) is 7.07. The lowest BCUT2D eigenvalue weighted by Gasteiger charge is -2.46. The summed E-state index contributed by atoms with van der Waals surface area (Å²) in [5, 5.41) is 10.7. The molecule has 0 aliphatic carbocycles. The fourth-order valence-corrected chi connectivity index (χ4v) is 5.28. The van der Waals surface area contributed by atoms with Crippen molar-refractivity contribution in [1.82, 2.24) is 20.4 Å². The van der Waals surface area contributed by atoms with Crippen LogP contribution in [0.1, 0.15) is 29.8 Å². The van der Waals surface area contributed by atoms with E-state index in [0.717, 1.165) is 39.3 Å². The summed E-state index contributed by atoms with van der Waals surface area (Å²) in [5.74, 6) is 1.95. The Kier molecular flexibility index (Phi) is 3.18. The molecule has 3 saturated heterocycles. The van der Waals surface area contributed by atoms with Crippen LogP contribution in [0.4, 0.5) is 5.69 Å². The first-order chi connectivity index (χ1) is 11.7. The molecule has 1 atom stereocenters. The highest BCUT2D eigenvalue weighted by atomic mass is 32.1. The SMILES string of the molecule is C=C1NC([C@@H]2CC3CCN2CC3)=Nc2cc(-c3cn[nH]c3C)sc21. The van der Waals surface area contributed by atoms with Crippen molar-refractivity contribution in [2.75, 3.05) is 13.1 Å².